The molecule has 12 heteroatoms. The molecule has 0 aromatic heterocycles. The maximum absolute atomic E-state index is 8.52. The summed E-state index contributed by atoms with van der Waals surface area (Å²) in [5.41, 5.74) is 0. The second-order valence-electron chi connectivity index (χ2n) is 0.816. The summed E-state index contributed by atoms with van der Waals surface area (Å²) in [7, 11) is -10.3. The van der Waals surface area contributed by atoms with Crippen molar-refractivity contribution >= 4 is 20.8 Å². The maximum Gasteiger partial charge on any atom is 2.00 e. The SMILES string of the molecule is O=S(=O)([O-])[O-].O=S(=O)([O-])[O-].[Pd+2].[Pd+2]. The van der Waals surface area contributed by atoms with Crippen LogP contribution in [0, 0.1) is 0 Å². The molecule has 0 saturated heterocycles. The molecule has 80 valence electrons. The average Bonchev–Trinajstić information content (AvgIpc) is 1.12. The normalized spacial score (nSPS) is 9.67. The van der Waals surface area contributed by atoms with Crippen molar-refractivity contribution in [1.82, 2.24) is 0 Å². The Bertz CT molecular complexity index is 211. The van der Waals surface area contributed by atoms with Crippen LogP contribution in [0.1, 0.15) is 0 Å². The summed E-state index contributed by atoms with van der Waals surface area (Å²) >= 11 is 0. The molecule has 0 fully saturated rings. The van der Waals surface area contributed by atoms with E-state index in [4.69, 9.17) is 35.0 Å². The monoisotopic (exact) mass is 404 g/mol. The predicted molar refractivity (Wildman–Crippen MR) is 20.9 cm³/mol. The molecule has 0 aromatic rings. The Hall–Kier alpha value is 1.06. The van der Waals surface area contributed by atoms with Gasteiger partial charge in [0.25, 0.3) is 0 Å². The molecule has 0 radical (unpaired) electrons. The molecule has 0 aliphatic carbocycles. The van der Waals surface area contributed by atoms with Gasteiger partial charge in [0.2, 0.25) is 0 Å². The summed E-state index contributed by atoms with van der Waals surface area (Å²) in [5.74, 6) is 0. The Morgan fingerprint density at radius 2 is 0.583 bits per heavy atom. The molecular weight excluding hydrogens is 405 g/mol. The molecule has 0 unspecified atom stereocenters. The van der Waals surface area contributed by atoms with Crippen LogP contribution >= 0.6 is 0 Å². The molecule has 0 aliphatic heterocycles. The fraction of sp³-hybridized carbons (Fsp3) is 0. The van der Waals surface area contributed by atoms with Crippen molar-refractivity contribution in [1.29, 1.82) is 0 Å². The number of hydrogen-bond acceptors (Lipinski definition) is 8. The minimum absolute atomic E-state index is 0. The average molecular weight is 405 g/mol. The first-order valence-corrected chi connectivity index (χ1v) is 4.00. The van der Waals surface area contributed by atoms with Crippen LogP contribution in [0.25, 0.3) is 0 Å². The van der Waals surface area contributed by atoms with E-state index in [0.717, 1.165) is 0 Å². The van der Waals surface area contributed by atoms with Crippen LogP contribution in [-0.2, 0) is 61.6 Å². The molecule has 0 rings (SSSR count). The van der Waals surface area contributed by atoms with Crippen LogP contribution in [-0.4, -0.2) is 35.0 Å². The Kier molecular flexibility index (Phi) is 16.7. The van der Waals surface area contributed by atoms with E-state index in [1.54, 1.807) is 0 Å². The van der Waals surface area contributed by atoms with Crippen molar-refractivity contribution < 1.29 is 75.9 Å². The van der Waals surface area contributed by atoms with Gasteiger partial charge in [-0.05, 0) is 0 Å². The topological polar surface area (TPSA) is 161 Å². The predicted octanol–water partition coefficient (Wildman–Crippen LogP) is -2.68. The zero-order chi connectivity index (χ0) is 9.00. The van der Waals surface area contributed by atoms with Gasteiger partial charge < -0.3 is 18.2 Å². The molecular formula is O8Pd2S2. The Morgan fingerprint density at radius 1 is 0.583 bits per heavy atom. The quantitative estimate of drug-likeness (QED) is 0.239. The van der Waals surface area contributed by atoms with Crippen molar-refractivity contribution in [3.8, 4) is 0 Å². The Morgan fingerprint density at radius 3 is 0.583 bits per heavy atom. The largest absolute Gasteiger partial charge is 2.00 e. The van der Waals surface area contributed by atoms with Crippen LogP contribution in [0.5, 0.6) is 0 Å². The van der Waals surface area contributed by atoms with Gasteiger partial charge in [-0.1, -0.05) is 0 Å². The van der Waals surface area contributed by atoms with Gasteiger partial charge in [0.1, 0.15) is 0 Å². The van der Waals surface area contributed by atoms with Crippen molar-refractivity contribution in [3.63, 3.8) is 0 Å². The van der Waals surface area contributed by atoms with Crippen LogP contribution in [0.4, 0.5) is 0 Å². The van der Waals surface area contributed by atoms with E-state index in [9.17, 15) is 0 Å². The van der Waals surface area contributed by atoms with E-state index in [0.29, 0.717) is 0 Å². The van der Waals surface area contributed by atoms with Crippen molar-refractivity contribution in [2.45, 2.75) is 0 Å². The fourth-order valence-electron chi connectivity index (χ4n) is 0. The van der Waals surface area contributed by atoms with Gasteiger partial charge >= 0.3 is 40.8 Å². The van der Waals surface area contributed by atoms with Crippen molar-refractivity contribution in [2.24, 2.45) is 0 Å². The fourth-order valence-corrected chi connectivity index (χ4v) is 0. The van der Waals surface area contributed by atoms with Gasteiger partial charge in [-0.3, -0.25) is 16.8 Å². The number of rotatable bonds is 0. The third kappa shape index (κ3) is 989. The maximum atomic E-state index is 8.52. The summed E-state index contributed by atoms with van der Waals surface area (Å²) in [6.07, 6.45) is 0. The van der Waals surface area contributed by atoms with E-state index >= 15 is 0 Å². The van der Waals surface area contributed by atoms with E-state index < -0.39 is 20.8 Å². The molecule has 8 nitrogen and oxygen atoms in total. The van der Waals surface area contributed by atoms with E-state index in [-0.39, 0.29) is 40.8 Å². The van der Waals surface area contributed by atoms with E-state index in [2.05, 4.69) is 0 Å². The minimum Gasteiger partial charge on any atom is -0.759 e. The van der Waals surface area contributed by atoms with Crippen LogP contribution < -0.4 is 0 Å². The summed E-state index contributed by atoms with van der Waals surface area (Å²) in [6, 6.07) is 0. The van der Waals surface area contributed by atoms with Crippen LogP contribution in [0.3, 0.4) is 0 Å². The minimum atomic E-state index is -5.17. The smallest absolute Gasteiger partial charge is 0.759 e. The second kappa shape index (κ2) is 8.65. The van der Waals surface area contributed by atoms with Gasteiger partial charge in [-0.25, -0.2) is 0 Å². The molecule has 0 spiro atoms. The van der Waals surface area contributed by atoms with E-state index in [1.165, 1.54) is 0 Å². The van der Waals surface area contributed by atoms with Gasteiger partial charge in [-0.2, -0.15) is 0 Å². The van der Waals surface area contributed by atoms with Crippen LogP contribution in [0.15, 0.2) is 0 Å². The first-order chi connectivity index (χ1) is 4.00. The molecule has 0 heterocycles. The molecule has 0 aliphatic rings. The van der Waals surface area contributed by atoms with Crippen molar-refractivity contribution in [2.75, 3.05) is 0 Å². The summed E-state index contributed by atoms with van der Waals surface area (Å²) in [6.45, 7) is 0. The number of hydrogen-bond donors (Lipinski definition) is 0. The third-order valence-electron chi connectivity index (χ3n) is 0. The standard InChI is InChI=1S/2H2O4S.2Pd/c2*1-5(2,3)4;;/h2*(H2,1,2,3,4);;/q;;2*+2/p-4. The zero-order valence-electron chi connectivity index (χ0n) is 4.71. The van der Waals surface area contributed by atoms with Gasteiger partial charge in [0.15, 0.2) is 0 Å². The van der Waals surface area contributed by atoms with Crippen molar-refractivity contribution in [3.05, 3.63) is 0 Å². The van der Waals surface area contributed by atoms with Gasteiger partial charge in [-0.15, -0.1) is 0 Å². The Balaban J connectivity index is -0.0000000457. The van der Waals surface area contributed by atoms with E-state index in [1.807, 2.05) is 0 Å². The van der Waals surface area contributed by atoms with Gasteiger partial charge in [0.05, 0.1) is 0 Å². The first-order valence-electron chi connectivity index (χ1n) is 1.33. The summed E-state index contributed by atoms with van der Waals surface area (Å²) in [4.78, 5) is 0. The first kappa shape index (κ1) is 23.1. The summed E-state index contributed by atoms with van der Waals surface area (Å²) in [5, 5.41) is 0. The molecule has 0 aromatic carbocycles. The van der Waals surface area contributed by atoms with Gasteiger partial charge in [0, 0.05) is 20.8 Å². The summed E-state index contributed by atoms with van der Waals surface area (Å²) < 4.78 is 68.2. The Labute approximate surface area is 96.2 Å². The molecule has 0 N–H and O–H groups in total. The third-order valence-corrected chi connectivity index (χ3v) is 0. The molecule has 0 amide bonds. The molecule has 0 atom stereocenters. The molecule has 0 bridgehead atoms. The second-order valence-corrected chi connectivity index (χ2v) is 2.45. The molecule has 12 heavy (non-hydrogen) atoms. The zero-order valence-corrected chi connectivity index (χ0v) is 9.46. The van der Waals surface area contributed by atoms with Crippen LogP contribution in [0.2, 0.25) is 0 Å². The molecule has 0 saturated carbocycles.